The third-order valence-electron chi connectivity index (χ3n) is 2.21. The average molecular weight is 274 g/mol. The Balaban J connectivity index is 2.90. The van der Waals surface area contributed by atoms with Gasteiger partial charge in [0.15, 0.2) is 0 Å². The zero-order valence-corrected chi connectivity index (χ0v) is 11.0. The van der Waals surface area contributed by atoms with E-state index in [1.165, 1.54) is 12.1 Å². The molecule has 1 aromatic carbocycles. The molecule has 0 heterocycles. The van der Waals surface area contributed by atoms with Crippen molar-refractivity contribution in [3.05, 3.63) is 29.3 Å². The average Bonchev–Trinajstić information content (AvgIpc) is 2.30. The zero-order valence-electron chi connectivity index (χ0n) is 10.2. The van der Waals surface area contributed by atoms with E-state index in [1.54, 1.807) is 12.1 Å². The SMILES string of the molecule is CC(C)CC(O)(Oc1ccc(Cl)cc1)C(=O)ON. The molecule has 0 radical (unpaired) electrons. The Kier molecular flexibility index (Phi) is 4.95. The summed E-state index contributed by atoms with van der Waals surface area (Å²) in [5, 5.41) is 10.7. The van der Waals surface area contributed by atoms with Crippen molar-refractivity contribution in [3.8, 4) is 5.75 Å². The van der Waals surface area contributed by atoms with Gasteiger partial charge in [-0.05, 0) is 30.2 Å². The highest BCUT2D eigenvalue weighted by molar-refractivity contribution is 6.30. The fraction of sp³-hybridized carbons (Fsp3) is 0.417. The molecule has 0 aliphatic heterocycles. The van der Waals surface area contributed by atoms with Crippen molar-refractivity contribution >= 4 is 17.6 Å². The van der Waals surface area contributed by atoms with Gasteiger partial charge in [-0.1, -0.05) is 25.4 Å². The largest absolute Gasteiger partial charge is 0.452 e. The van der Waals surface area contributed by atoms with E-state index in [0.717, 1.165) is 0 Å². The van der Waals surface area contributed by atoms with E-state index in [9.17, 15) is 9.90 Å². The first-order valence-electron chi connectivity index (χ1n) is 5.45. The van der Waals surface area contributed by atoms with Gasteiger partial charge in [-0.25, -0.2) is 4.79 Å². The Bertz CT molecular complexity index is 407. The summed E-state index contributed by atoms with van der Waals surface area (Å²) in [6.07, 6.45) is 0.0612. The van der Waals surface area contributed by atoms with Crippen LogP contribution in [0.4, 0.5) is 0 Å². The van der Waals surface area contributed by atoms with E-state index in [0.29, 0.717) is 10.8 Å². The third-order valence-corrected chi connectivity index (χ3v) is 2.46. The minimum absolute atomic E-state index is 0.0152. The normalized spacial score (nSPS) is 14.1. The van der Waals surface area contributed by atoms with Gasteiger partial charge in [0, 0.05) is 11.4 Å². The number of hydrogen-bond donors (Lipinski definition) is 2. The lowest BCUT2D eigenvalue weighted by molar-refractivity contribution is -0.205. The minimum atomic E-state index is -2.10. The molecule has 5 nitrogen and oxygen atoms in total. The second-order valence-corrected chi connectivity index (χ2v) is 4.78. The molecule has 1 atom stereocenters. The molecular formula is C12H16ClNO4. The molecule has 0 spiro atoms. The Morgan fingerprint density at radius 2 is 2.00 bits per heavy atom. The summed E-state index contributed by atoms with van der Waals surface area (Å²) in [5.41, 5.74) is 0. The summed E-state index contributed by atoms with van der Waals surface area (Å²) in [5.74, 6) is 1.98. The summed E-state index contributed by atoms with van der Waals surface area (Å²) in [6.45, 7) is 3.67. The van der Waals surface area contributed by atoms with Crippen LogP contribution in [-0.2, 0) is 9.63 Å². The number of benzene rings is 1. The van der Waals surface area contributed by atoms with Gasteiger partial charge in [-0.2, -0.15) is 5.90 Å². The first kappa shape index (κ1) is 14.8. The highest BCUT2D eigenvalue weighted by atomic mass is 35.5. The maximum atomic E-state index is 11.5. The predicted molar refractivity (Wildman–Crippen MR) is 66.8 cm³/mol. The van der Waals surface area contributed by atoms with E-state index < -0.39 is 11.8 Å². The van der Waals surface area contributed by atoms with E-state index in [4.69, 9.17) is 22.2 Å². The molecule has 0 aliphatic rings. The number of rotatable bonds is 5. The van der Waals surface area contributed by atoms with Crippen LogP contribution < -0.4 is 10.6 Å². The van der Waals surface area contributed by atoms with Crippen molar-refractivity contribution in [1.29, 1.82) is 0 Å². The number of carbonyl (C=O) groups excluding carboxylic acids is 1. The van der Waals surface area contributed by atoms with Crippen LogP contribution in [0.1, 0.15) is 20.3 Å². The number of hydrogen-bond acceptors (Lipinski definition) is 5. The van der Waals surface area contributed by atoms with Crippen molar-refractivity contribution < 1.29 is 19.5 Å². The minimum Gasteiger partial charge on any atom is -0.452 e. The Morgan fingerprint density at radius 1 is 1.44 bits per heavy atom. The molecule has 0 aliphatic carbocycles. The summed E-state index contributed by atoms with van der Waals surface area (Å²) in [4.78, 5) is 15.6. The topological polar surface area (TPSA) is 81.8 Å². The molecule has 0 fully saturated rings. The summed E-state index contributed by atoms with van der Waals surface area (Å²) < 4.78 is 5.26. The summed E-state index contributed by atoms with van der Waals surface area (Å²) >= 11 is 5.73. The fourth-order valence-electron chi connectivity index (χ4n) is 1.51. The van der Waals surface area contributed by atoms with E-state index in [2.05, 4.69) is 4.84 Å². The monoisotopic (exact) mass is 273 g/mol. The van der Waals surface area contributed by atoms with Crippen LogP contribution >= 0.6 is 11.6 Å². The molecule has 1 unspecified atom stereocenters. The molecule has 3 N–H and O–H groups in total. The van der Waals surface area contributed by atoms with Crippen LogP contribution in [0.2, 0.25) is 5.02 Å². The number of halogens is 1. The van der Waals surface area contributed by atoms with Crippen molar-refractivity contribution in [3.63, 3.8) is 0 Å². The standard InChI is InChI=1S/C12H16ClNO4/c1-8(2)7-12(16,11(15)18-14)17-10-5-3-9(13)4-6-10/h3-6,8,16H,7,14H2,1-2H3. The molecule has 0 aromatic heterocycles. The first-order valence-corrected chi connectivity index (χ1v) is 5.83. The number of carbonyl (C=O) groups is 1. The summed E-state index contributed by atoms with van der Waals surface area (Å²) in [7, 11) is 0. The third kappa shape index (κ3) is 3.87. The van der Waals surface area contributed by atoms with Gasteiger partial charge in [-0.3, -0.25) is 0 Å². The molecule has 0 bridgehead atoms. The van der Waals surface area contributed by atoms with Gasteiger partial charge in [0.05, 0.1) is 0 Å². The maximum absolute atomic E-state index is 11.5. The van der Waals surface area contributed by atoms with E-state index in [1.807, 2.05) is 13.8 Å². The molecule has 6 heteroatoms. The van der Waals surface area contributed by atoms with Gasteiger partial charge < -0.3 is 14.7 Å². The molecule has 1 rings (SSSR count). The van der Waals surface area contributed by atoms with E-state index >= 15 is 0 Å². The van der Waals surface area contributed by atoms with Crippen molar-refractivity contribution in [2.24, 2.45) is 11.8 Å². The molecule has 0 amide bonds. The first-order chi connectivity index (χ1) is 8.37. The molecule has 18 heavy (non-hydrogen) atoms. The van der Waals surface area contributed by atoms with Crippen LogP contribution in [0.5, 0.6) is 5.75 Å². The second kappa shape index (κ2) is 6.04. The molecule has 0 saturated heterocycles. The van der Waals surface area contributed by atoms with Gasteiger partial charge in [-0.15, -0.1) is 0 Å². The predicted octanol–water partition coefficient (Wildman–Crippen LogP) is 1.87. The quantitative estimate of drug-likeness (QED) is 0.632. The van der Waals surface area contributed by atoms with Crippen LogP contribution in [0, 0.1) is 5.92 Å². The highest BCUT2D eigenvalue weighted by Crippen LogP contribution is 2.25. The van der Waals surface area contributed by atoms with Gasteiger partial charge in [0.2, 0.25) is 0 Å². The second-order valence-electron chi connectivity index (χ2n) is 4.34. The van der Waals surface area contributed by atoms with Crippen LogP contribution in [0.15, 0.2) is 24.3 Å². The van der Waals surface area contributed by atoms with Gasteiger partial charge >= 0.3 is 11.8 Å². The molecular weight excluding hydrogens is 258 g/mol. The molecule has 0 saturated carbocycles. The molecule has 1 aromatic rings. The smallest absolute Gasteiger partial charge is 0.397 e. The van der Waals surface area contributed by atoms with Crippen molar-refractivity contribution in [2.45, 2.75) is 26.1 Å². The highest BCUT2D eigenvalue weighted by Gasteiger charge is 2.41. The molecule has 100 valence electrons. The van der Waals surface area contributed by atoms with Crippen LogP contribution in [0.25, 0.3) is 0 Å². The Morgan fingerprint density at radius 3 is 2.44 bits per heavy atom. The number of nitrogens with two attached hydrogens (primary N) is 1. The van der Waals surface area contributed by atoms with E-state index in [-0.39, 0.29) is 12.3 Å². The lowest BCUT2D eigenvalue weighted by Crippen LogP contribution is -2.47. The van der Waals surface area contributed by atoms with Crippen molar-refractivity contribution in [1.82, 2.24) is 0 Å². The lowest BCUT2D eigenvalue weighted by Gasteiger charge is -2.27. The van der Waals surface area contributed by atoms with Gasteiger partial charge in [0.1, 0.15) is 5.75 Å². The van der Waals surface area contributed by atoms with Crippen LogP contribution in [0.3, 0.4) is 0 Å². The Hall–Kier alpha value is -1.30. The number of aliphatic hydroxyl groups is 1. The maximum Gasteiger partial charge on any atom is 0.397 e. The van der Waals surface area contributed by atoms with Crippen molar-refractivity contribution in [2.75, 3.05) is 0 Å². The Labute approximate surface area is 110 Å². The lowest BCUT2D eigenvalue weighted by atomic mass is 10.0. The fourth-order valence-corrected chi connectivity index (χ4v) is 1.64. The van der Waals surface area contributed by atoms with Gasteiger partial charge in [0.25, 0.3) is 0 Å². The number of ether oxygens (including phenoxy) is 1. The summed E-state index contributed by atoms with van der Waals surface area (Å²) in [6, 6.07) is 6.25. The zero-order chi connectivity index (χ0) is 13.8. The van der Waals surface area contributed by atoms with Crippen LogP contribution in [-0.4, -0.2) is 16.9 Å².